The zero-order valence-electron chi connectivity index (χ0n) is 16.0. The van der Waals surface area contributed by atoms with Crippen molar-refractivity contribution in [2.24, 2.45) is 0 Å². The number of rotatable bonds is 8. The maximum atomic E-state index is 12.4. The van der Waals surface area contributed by atoms with E-state index in [4.69, 9.17) is 9.47 Å². The van der Waals surface area contributed by atoms with E-state index >= 15 is 0 Å². The second-order valence-electron chi connectivity index (χ2n) is 5.88. The summed E-state index contributed by atoms with van der Waals surface area (Å²) in [4.78, 5) is 25.5. The van der Waals surface area contributed by atoms with Gasteiger partial charge in [0.25, 0.3) is 17.6 Å². The van der Waals surface area contributed by atoms with E-state index in [1.165, 1.54) is 4.80 Å². The predicted octanol–water partition coefficient (Wildman–Crippen LogP) is 1.30. The van der Waals surface area contributed by atoms with Crippen LogP contribution in [-0.4, -0.2) is 59.4 Å². The molecule has 10 heteroatoms. The van der Waals surface area contributed by atoms with E-state index in [0.717, 1.165) is 0 Å². The van der Waals surface area contributed by atoms with Crippen molar-refractivity contribution < 1.29 is 19.1 Å². The highest BCUT2D eigenvalue weighted by atomic mass is 16.5. The molecule has 1 aromatic heterocycles. The van der Waals surface area contributed by atoms with Gasteiger partial charge in [0.15, 0.2) is 0 Å². The molecule has 3 rings (SSSR count). The first kappa shape index (κ1) is 20.0. The number of carbonyl (C=O) groups is 2. The van der Waals surface area contributed by atoms with Crippen molar-refractivity contribution in [1.29, 1.82) is 0 Å². The highest BCUT2D eigenvalue weighted by molar-refractivity contribution is 6.04. The second kappa shape index (κ2) is 9.42. The SMILES string of the molecule is COCCNC(=O)c1nnn(-c2ccc(NC(=O)c3cccc(OC)c3)cc2)n1. The van der Waals surface area contributed by atoms with E-state index in [9.17, 15) is 9.59 Å². The molecule has 0 fully saturated rings. The van der Waals surface area contributed by atoms with Crippen molar-refractivity contribution in [2.45, 2.75) is 0 Å². The molecule has 0 saturated heterocycles. The van der Waals surface area contributed by atoms with Gasteiger partial charge < -0.3 is 20.1 Å². The highest BCUT2D eigenvalue weighted by Gasteiger charge is 2.13. The molecule has 150 valence electrons. The minimum Gasteiger partial charge on any atom is -0.497 e. The van der Waals surface area contributed by atoms with Gasteiger partial charge in [-0.2, -0.15) is 0 Å². The molecule has 0 saturated carbocycles. The molecule has 1 heterocycles. The number of hydrogen-bond acceptors (Lipinski definition) is 7. The van der Waals surface area contributed by atoms with Gasteiger partial charge in [0, 0.05) is 24.9 Å². The number of methoxy groups -OCH3 is 2. The average molecular weight is 396 g/mol. The monoisotopic (exact) mass is 396 g/mol. The molecule has 0 unspecified atom stereocenters. The molecule has 29 heavy (non-hydrogen) atoms. The van der Waals surface area contributed by atoms with Gasteiger partial charge in [-0.15, -0.1) is 15.0 Å². The fraction of sp³-hybridized carbons (Fsp3) is 0.211. The van der Waals surface area contributed by atoms with Gasteiger partial charge in [-0.25, -0.2) is 0 Å². The molecular weight excluding hydrogens is 376 g/mol. The number of carbonyl (C=O) groups excluding carboxylic acids is 2. The molecule has 0 spiro atoms. The van der Waals surface area contributed by atoms with Gasteiger partial charge in [-0.3, -0.25) is 9.59 Å². The molecule has 0 aliphatic heterocycles. The zero-order chi connectivity index (χ0) is 20.6. The molecule has 2 aromatic carbocycles. The Balaban J connectivity index is 1.64. The Bertz CT molecular complexity index is 986. The first-order chi connectivity index (χ1) is 14.1. The fourth-order valence-corrected chi connectivity index (χ4v) is 2.41. The van der Waals surface area contributed by atoms with Crippen LogP contribution in [0, 0.1) is 0 Å². The Kier molecular flexibility index (Phi) is 6.48. The second-order valence-corrected chi connectivity index (χ2v) is 5.88. The number of nitrogens with one attached hydrogen (secondary N) is 2. The van der Waals surface area contributed by atoms with Gasteiger partial charge in [-0.1, -0.05) is 6.07 Å². The number of nitrogens with zero attached hydrogens (tertiary/aromatic N) is 4. The highest BCUT2D eigenvalue weighted by Crippen LogP contribution is 2.16. The van der Waals surface area contributed by atoms with Crippen molar-refractivity contribution in [3.8, 4) is 11.4 Å². The summed E-state index contributed by atoms with van der Waals surface area (Å²) in [5, 5.41) is 17.1. The smallest absolute Gasteiger partial charge is 0.292 e. The Morgan fingerprint density at radius 3 is 2.59 bits per heavy atom. The lowest BCUT2D eigenvalue weighted by Crippen LogP contribution is -2.28. The first-order valence-corrected chi connectivity index (χ1v) is 8.73. The van der Waals surface area contributed by atoms with E-state index in [-0.39, 0.29) is 11.7 Å². The van der Waals surface area contributed by atoms with Crippen LogP contribution in [0.5, 0.6) is 5.75 Å². The third-order valence-corrected chi connectivity index (χ3v) is 3.90. The lowest BCUT2D eigenvalue weighted by Gasteiger charge is -2.07. The third-order valence-electron chi connectivity index (χ3n) is 3.90. The van der Waals surface area contributed by atoms with E-state index in [1.54, 1.807) is 62.8 Å². The number of amides is 2. The van der Waals surface area contributed by atoms with Crippen LogP contribution in [-0.2, 0) is 4.74 Å². The Morgan fingerprint density at radius 1 is 1.07 bits per heavy atom. The van der Waals surface area contributed by atoms with Crippen molar-refractivity contribution in [1.82, 2.24) is 25.5 Å². The summed E-state index contributed by atoms with van der Waals surface area (Å²) in [5.74, 6) is -0.134. The zero-order valence-corrected chi connectivity index (χ0v) is 16.0. The van der Waals surface area contributed by atoms with E-state index in [0.29, 0.717) is 35.8 Å². The van der Waals surface area contributed by atoms with Crippen LogP contribution in [0.2, 0.25) is 0 Å². The number of aromatic nitrogens is 4. The molecule has 3 aromatic rings. The Morgan fingerprint density at radius 2 is 1.86 bits per heavy atom. The molecule has 2 amide bonds. The van der Waals surface area contributed by atoms with Crippen LogP contribution < -0.4 is 15.4 Å². The summed E-state index contributed by atoms with van der Waals surface area (Å²) in [6, 6.07) is 13.7. The number of benzene rings is 2. The molecule has 0 aliphatic rings. The summed E-state index contributed by atoms with van der Waals surface area (Å²) in [7, 11) is 3.09. The summed E-state index contributed by atoms with van der Waals surface area (Å²) >= 11 is 0. The minimum absolute atomic E-state index is 0.0449. The quantitative estimate of drug-likeness (QED) is 0.551. The van der Waals surface area contributed by atoms with Crippen LogP contribution >= 0.6 is 0 Å². The van der Waals surface area contributed by atoms with Gasteiger partial charge in [-0.05, 0) is 47.7 Å². The Hall–Kier alpha value is -3.79. The minimum atomic E-state index is -0.435. The molecule has 0 aliphatic carbocycles. The molecular formula is C19H20N6O4. The topological polar surface area (TPSA) is 120 Å². The number of tetrazole rings is 1. The fourth-order valence-electron chi connectivity index (χ4n) is 2.41. The lowest BCUT2D eigenvalue weighted by molar-refractivity contribution is 0.0926. The van der Waals surface area contributed by atoms with Crippen LogP contribution in [0.15, 0.2) is 48.5 Å². The van der Waals surface area contributed by atoms with Gasteiger partial charge >= 0.3 is 0 Å². The standard InChI is InChI=1S/C19H20N6O4/c1-28-11-10-20-19(27)17-22-24-25(23-17)15-8-6-14(7-9-15)21-18(26)13-4-3-5-16(12-13)29-2/h3-9,12H,10-11H2,1-2H3,(H,20,27)(H,21,26). The maximum absolute atomic E-state index is 12.4. The van der Waals surface area contributed by atoms with Gasteiger partial charge in [0.1, 0.15) is 5.75 Å². The normalized spacial score (nSPS) is 10.4. The molecule has 2 N–H and O–H groups in total. The van der Waals surface area contributed by atoms with Gasteiger partial charge in [0.05, 0.1) is 19.4 Å². The van der Waals surface area contributed by atoms with E-state index in [1.807, 2.05) is 0 Å². The van der Waals surface area contributed by atoms with E-state index in [2.05, 4.69) is 26.0 Å². The van der Waals surface area contributed by atoms with Crippen molar-refractivity contribution in [3.63, 3.8) is 0 Å². The number of ether oxygens (including phenoxy) is 2. The van der Waals surface area contributed by atoms with Crippen LogP contribution in [0.25, 0.3) is 5.69 Å². The largest absolute Gasteiger partial charge is 0.497 e. The Labute approximate surface area is 166 Å². The molecule has 0 radical (unpaired) electrons. The lowest BCUT2D eigenvalue weighted by atomic mass is 10.2. The summed E-state index contributed by atoms with van der Waals surface area (Å²) in [5.41, 5.74) is 1.67. The maximum Gasteiger partial charge on any atom is 0.292 e. The predicted molar refractivity (Wildman–Crippen MR) is 104 cm³/mol. The van der Waals surface area contributed by atoms with Gasteiger partial charge in [0.2, 0.25) is 0 Å². The van der Waals surface area contributed by atoms with Crippen LogP contribution in [0.4, 0.5) is 5.69 Å². The molecule has 0 atom stereocenters. The first-order valence-electron chi connectivity index (χ1n) is 8.73. The van der Waals surface area contributed by atoms with Crippen LogP contribution in [0.3, 0.4) is 0 Å². The van der Waals surface area contributed by atoms with E-state index < -0.39 is 5.91 Å². The summed E-state index contributed by atoms with van der Waals surface area (Å²) in [6.07, 6.45) is 0. The molecule has 10 nitrogen and oxygen atoms in total. The average Bonchev–Trinajstić information content (AvgIpc) is 3.25. The summed E-state index contributed by atoms with van der Waals surface area (Å²) in [6.45, 7) is 0.744. The number of hydrogen-bond donors (Lipinski definition) is 2. The van der Waals surface area contributed by atoms with Crippen molar-refractivity contribution >= 4 is 17.5 Å². The number of anilines is 1. The molecule has 0 bridgehead atoms. The van der Waals surface area contributed by atoms with Crippen molar-refractivity contribution in [3.05, 3.63) is 59.9 Å². The summed E-state index contributed by atoms with van der Waals surface area (Å²) < 4.78 is 10.00. The third kappa shape index (κ3) is 5.14. The van der Waals surface area contributed by atoms with Crippen LogP contribution in [0.1, 0.15) is 21.0 Å². The van der Waals surface area contributed by atoms with Crippen molar-refractivity contribution in [2.75, 3.05) is 32.7 Å².